The molecule has 0 bridgehead atoms. The Bertz CT molecular complexity index is 870. The Labute approximate surface area is 151 Å². The summed E-state index contributed by atoms with van der Waals surface area (Å²) in [4.78, 5) is 12.1. The molecule has 4 rings (SSSR count). The molecule has 6 heteroatoms. The molecule has 1 N–H and O–H groups in total. The molecule has 0 spiro atoms. The smallest absolute Gasteiger partial charge is 0.217 e. The van der Waals surface area contributed by atoms with Crippen molar-refractivity contribution in [2.75, 3.05) is 0 Å². The number of pyridine rings is 1. The Balaban J connectivity index is 1.79. The average Bonchev–Trinajstić information content (AvgIpc) is 3.08. The summed E-state index contributed by atoms with van der Waals surface area (Å²) in [5, 5.41) is 0. The van der Waals surface area contributed by atoms with Crippen LogP contribution in [0.25, 0.3) is 22.5 Å². The number of ether oxygens (including phenoxy) is 2. The van der Waals surface area contributed by atoms with Crippen molar-refractivity contribution in [3.63, 3.8) is 0 Å². The fourth-order valence-electron chi connectivity index (χ4n) is 3.21. The molecular formula is C20H20FN3O2. The van der Waals surface area contributed by atoms with Crippen molar-refractivity contribution in [3.8, 4) is 22.5 Å². The number of hydrogen-bond donors (Lipinski definition) is 1. The number of H-pyrrole nitrogens is 1. The van der Waals surface area contributed by atoms with E-state index in [4.69, 9.17) is 14.5 Å². The van der Waals surface area contributed by atoms with Crippen LogP contribution >= 0.6 is 0 Å². The highest BCUT2D eigenvalue weighted by molar-refractivity contribution is 5.78. The van der Waals surface area contributed by atoms with E-state index < -0.39 is 6.29 Å². The SMILES string of the molecule is CC1CC(C)OC(c2nc(-c3ccc(F)cc3)c(-c3ccncc3)[nH]2)O1. The summed E-state index contributed by atoms with van der Waals surface area (Å²) < 4.78 is 25.2. The monoisotopic (exact) mass is 353 g/mol. The van der Waals surface area contributed by atoms with Crippen LogP contribution in [0.1, 0.15) is 32.4 Å². The van der Waals surface area contributed by atoms with Crippen LogP contribution in [0.2, 0.25) is 0 Å². The van der Waals surface area contributed by atoms with Crippen LogP contribution in [0.5, 0.6) is 0 Å². The molecule has 2 unspecified atom stereocenters. The summed E-state index contributed by atoms with van der Waals surface area (Å²) in [5.41, 5.74) is 3.31. The molecular weight excluding hydrogens is 333 g/mol. The molecule has 2 aromatic heterocycles. The molecule has 134 valence electrons. The van der Waals surface area contributed by atoms with Gasteiger partial charge in [-0.3, -0.25) is 4.98 Å². The molecule has 0 aliphatic carbocycles. The fourth-order valence-corrected chi connectivity index (χ4v) is 3.21. The van der Waals surface area contributed by atoms with Gasteiger partial charge in [-0.05, 0) is 56.7 Å². The van der Waals surface area contributed by atoms with Gasteiger partial charge in [0.25, 0.3) is 0 Å². The minimum absolute atomic E-state index is 0.0903. The first-order chi connectivity index (χ1) is 12.6. The highest BCUT2D eigenvalue weighted by Gasteiger charge is 2.29. The predicted octanol–water partition coefficient (Wildman–Crippen LogP) is 4.49. The first-order valence-electron chi connectivity index (χ1n) is 8.67. The summed E-state index contributed by atoms with van der Waals surface area (Å²) in [6, 6.07) is 10.1. The second-order valence-electron chi connectivity index (χ2n) is 6.55. The van der Waals surface area contributed by atoms with E-state index in [-0.39, 0.29) is 18.0 Å². The minimum Gasteiger partial charge on any atom is -0.343 e. The second kappa shape index (κ2) is 6.97. The van der Waals surface area contributed by atoms with Gasteiger partial charge >= 0.3 is 0 Å². The number of aromatic nitrogens is 3. The minimum atomic E-state index is -0.552. The lowest BCUT2D eigenvalue weighted by Crippen LogP contribution is -2.30. The molecule has 26 heavy (non-hydrogen) atoms. The van der Waals surface area contributed by atoms with Crippen LogP contribution in [-0.2, 0) is 9.47 Å². The van der Waals surface area contributed by atoms with E-state index in [1.54, 1.807) is 24.5 Å². The zero-order valence-electron chi connectivity index (χ0n) is 14.6. The van der Waals surface area contributed by atoms with E-state index in [1.165, 1.54) is 12.1 Å². The van der Waals surface area contributed by atoms with E-state index in [0.717, 1.165) is 28.9 Å². The molecule has 1 fully saturated rings. The standard InChI is InChI=1S/C20H20FN3O2/c1-12-11-13(2)26-20(25-12)19-23-17(14-3-5-16(21)6-4-14)18(24-19)15-7-9-22-10-8-15/h3-10,12-13,20H,11H2,1-2H3,(H,23,24). The van der Waals surface area contributed by atoms with Gasteiger partial charge in [0.1, 0.15) is 5.82 Å². The van der Waals surface area contributed by atoms with Crippen LogP contribution in [0, 0.1) is 5.82 Å². The molecule has 3 aromatic rings. The van der Waals surface area contributed by atoms with E-state index in [1.807, 2.05) is 26.0 Å². The number of rotatable bonds is 3. The van der Waals surface area contributed by atoms with Crippen molar-refractivity contribution in [2.45, 2.75) is 38.8 Å². The number of halogens is 1. The number of nitrogens with one attached hydrogen (secondary N) is 1. The van der Waals surface area contributed by atoms with Crippen molar-refractivity contribution in [1.29, 1.82) is 0 Å². The molecule has 2 atom stereocenters. The first-order valence-corrected chi connectivity index (χ1v) is 8.67. The number of nitrogens with zero attached hydrogens (tertiary/aromatic N) is 2. The molecule has 1 saturated heterocycles. The average molecular weight is 353 g/mol. The maximum atomic E-state index is 13.3. The molecule has 1 aliphatic heterocycles. The van der Waals surface area contributed by atoms with Crippen molar-refractivity contribution in [2.24, 2.45) is 0 Å². The second-order valence-corrected chi connectivity index (χ2v) is 6.55. The summed E-state index contributed by atoms with van der Waals surface area (Å²) in [6.45, 7) is 4.05. The number of hydrogen-bond acceptors (Lipinski definition) is 4. The van der Waals surface area contributed by atoms with Crippen LogP contribution in [0.4, 0.5) is 4.39 Å². The van der Waals surface area contributed by atoms with E-state index in [2.05, 4.69) is 9.97 Å². The molecule has 0 radical (unpaired) electrons. The van der Waals surface area contributed by atoms with Crippen LogP contribution in [-0.4, -0.2) is 27.2 Å². The topological polar surface area (TPSA) is 60.0 Å². The Morgan fingerprint density at radius 2 is 1.62 bits per heavy atom. The van der Waals surface area contributed by atoms with Gasteiger partial charge in [0, 0.05) is 23.5 Å². The van der Waals surface area contributed by atoms with Crippen LogP contribution in [0.3, 0.4) is 0 Å². The van der Waals surface area contributed by atoms with Crippen LogP contribution in [0.15, 0.2) is 48.8 Å². The molecule has 1 aromatic carbocycles. The van der Waals surface area contributed by atoms with Gasteiger partial charge in [0.2, 0.25) is 6.29 Å². The summed E-state index contributed by atoms with van der Waals surface area (Å²) >= 11 is 0. The predicted molar refractivity (Wildman–Crippen MR) is 95.7 cm³/mol. The van der Waals surface area contributed by atoms with Gasteiger partial charge in [0.05, 0.1) is 23.6 Å². The third kappa shape index (κ3) is 3.38. The maximum absolute atomic E-state index is 13.3. The highest BCUT2D eigenvalue weighted by atomic mass is 19.1. The number of aromatic amines is 1. The molecule has 5 nitrogen and oxygen atoms in total. The highest BCUT2D eigenvalue weighted by Crippen LogP contribution is 2.35. The quantitative estimate of drug-likeness (QED) is 0.754. The van der Waals surface area contributed by atoms with Gasteiger partial charge in [0.15, 0.2) is 5.82 Å². The summed E-state index contributed by atoms with van der Waals surface area (Å²) in [7, 11) is 0. The third-order valence-corrected chi connectivity index (χ3v) is 4.41. The van der Waals surface area contributed by atoms with E-state index in [9.17, 15) is 4.39 Å². The molecule has 0 amide bonds. The van der Waals surface area contributed by atoms with E-state index in [0.29, 0.717) is 5.82 Å². The van der Waals surface area contributed by atoms with Crippen molar-refractivity contribution >= 4 is 0 Å². The Kier molecular flexibility index (Phi) is 4.53. The third-order valence-electron chi connectivity index (χ3n) is 4.41. The Morgan fingerprint density at radius 1 is 0.962 bits per heavy atom. The normalized spacial score (nSPS) is 23.1. The van der Waals surface area contributed by atoms with Gasteiger partial charge in [-0.25, -0.2) is 9.37 Å². The van der Waals surface area contributed by atoms with Gasteiger partial charge < -0.3 is 14.5 Å². The molecule has 1 aliphatic rings. The molecule has 3 heterocycles. The largest absolute Gasteiger partial charge is 0.343 e. The zero-order valence-corrected chi connectivity index (χ0v) is 14.6. The van der Waals surface area contributed by atoms with Crippen molar-refractivity contribution in [1.82, 2.24) is 15.0 Å². The number of benzene rings is 1. The van der Waals surface area contributed by atoms with Crippen molar-refractivity contribution < 1.29 is 13.9 Å². The lowest BCUT2D eigenvalue weighted by Gasteiger charge is -2.31. The maximum Gasteiger partial charge on any atom is 0.217 e. The number of imidazole rings is 1. The summed E-state index contributed by atoms with van der Waals surface area (Å²) in [5.74, 6) is 0.325. The van der Waals surface area contributed by atoms with Gasteiger partial charge in [-0.15, -0.1) is 0 Å². The summed E-state index contributed by atoms with van der Waals surface area (Å²) in [6.07, 6.45) is 3.92. The van der Waals surface area contributed by atoms with Crippen molar-refractivity contribution in [3.05, 3.63) is 60.4 Å². The molecule has 0 saturated carbocycles. The van der Waals surface area contributed by atoms with Gasteiger partial charge in [-0.1, -0.05) is 0 Å². The Morgan fingerprint density at radius 3 is 2.27 bits per heavy atom. The fraction of sp³-hybridized carbons (Fsp3) is 0.300. The first kappa shape index (κ1) is 16.9. The zero-order chi connectivity index (χ0) is 18.1. The van der Waals surface area contributed by atoms with E-state index >= 15 is 0 Å². The lowest BCUT2D eigenvalue weighted by molar-refractivity contribution is -0.242. The van der Waals surface area contributed by atoms with Gasteiger partial charge in [-0.2, -0.15) is 0 Å². The van der Waals surface area contributed by atoms with Crippen LogP contribution < -0.4 is 0 Å². The Hall–Kier alpha value is -2.57. The lowest BCUT2D eigenvalue weighted by atomic mass is 10.1.